The van der Waals surface area contributed by atoms with Gasteiger partial charge in [-0.2, -0.15) is 5.10 Å². The average molecular weight is 287 g/mol. The van der Waals surface area contributed by atoms with Crippen LogP contribution >= 0.6 is 0 Å². The molecule has 0 aliphatic heterocycles. The number of hydrogen-bond acceptors (Lipinski definition) is 5. The zero-order chi connectivity index (χ0) is 15.4. The van der Waals surface area contributed by atoms with Crippen molar-refractivity contribution < 1.29 is 9.59 Å². The van der Waals surface area contributed by atoms with Crippen LogP contribution in [0.4, 0.5) is 22.0 Å². The van der Waals surface area contributed by atoms with Crippen molar-refractivity contribution in [3.63, 3.8) is 0 Å². The van der Waals surface area contributed by atoms with Gasteiger partial charge in [-0.3, -0.25) is 14.9 Å². The summed E-state index contributed by atoms with van der Waals surface area (Å²) in [5.74, 6) is -0.364. The van der Waals surface area contributed by atoms with E-state index in [1.807, 2.05) is 0 Å². The lowest BCUT2D eigenvalue weighted by Crippen LogP contribution is -2.39. The van der Waals surface area contributed by atoms with Crippen LogP contribution in [0.1, 0.15) is 6.92 Å². The quantitative estimate of drug-likeness (QED) is 0.709. The molecule has 3 amide bonds. The molecule has 4 N–H and O–H groups in total. The molecule has 0 fully saturated rings. The highest BCUT2D eigenvalue weighted by molar-refractivity contribution is 6.17. The molecule has 0 aliphatic rings. The molecular formula is C13H13N5O3. The first-order valence-electron chi connectivity index (χ1n) is 6.00. The molecule has 0 unspecified atom stereocenters. The van der Waals surface area contributed by atoms with Gasteiger partial charge in [0.1, 0.15) is 0 Å². The molecule has 0 radical (unpaired) electrons. The number of imide groups is 1. The first-order valence-corrected chi connectivity index (χ1v) is 6.00. The van der Waals surface area contributed by atoms with Crippen LogP contribution < -0.4 is 21.5 Å². The Bertz CT molecular complexity index is 720. The van der Waals surface area contributed by atoms with Crippen LogP contribution in [0.3, 0.4) is 0 Å². The fraction of sp³-hybridized carbons (Fsp3) is 0.0769. The molecule has 2 aromatic rings. The van der Waals surface area contributed by atoms with E-state index in [0.717, 1.165) is 4.90 Å². The van der Waals surface area contributed by atoms with E-state index < -0.39 is 17.5 Å². The maximum absolute atomic E-state index is 12.2. The van der Waals surface area contributed by atoms with Crippen molar-refractivity contribution in [2.45, 2.75) is 6.92 Å². The number of aromatic nitrogens is 2. The number of aromatic amines is 1. The van der Waals surface area contributed by atoms with Crippen molar-refractivity contribution in [3.8, 4) is 0 Å². The molecule has 108 valence electrons. The summed E-state index contributed by atoms with van der Waals surface area (Å²) in [5, 5.41) is 8.23. The largest absolute Gasteiger partial charge is 0.399 e. The number of anilines is 3. The summed E-state index contributed by atoms with van der Waals surface area (Å²) < 4.78 is 0. The number of carbonyl (C=O) groups excluding carboxylic acids is 2. The average Bonchev–Trinajstić information content (AvgIpc) is 2.41. The Balaban J connectivity index is 2.26. The van der Waals surface area contributed by atoms with Crippen molar-refractivity contribution in [2.24, 2.45) is 0 Å². The van der Waals surface area contributed by atoms with Gasteiger partial charge in [-0.1, -0.05) is 6.07 Å². The van der Waals surface area contributed by atoms with Gasteiger partial charge in [-0.15, -0.1) is 0 Å². The van der Waals surface area contributed by atoms with Crippen LogP contribution in [0.15, 0.2) is 41.2 Å². The number of hydrogen-bond donors (Lipinski definition) is 3. The van der Waals surface area contributed by atoms with Gasteiger partial charge in [0.05, 0.1) is 5.69 Å². The molecule has 0 spiro atoms. The second kappa shape index (κ2) is 5.87. The van der Waals surface area contributed by atoms with Gasteiger partial charge >= 0.3 is 6.03 Å². The van der Waals surface area contributed by atoms with Gasteiger partial charge in [0.2, 0.25) is 5.91 Å². The van der Waals surface area contributed by atoms with E-state index in [1.54, 1.807) is 18.2 Å². The molecule has 0 saturated heterocycles. The summed E-state index contributed by atoms with van der Waals surface area (Å²) in [7, 11) is 0. The molecular weight excluding hydrogens is 274 g/mol. The smallest absolute Gasteiger partial charge is 0.334 e. The van der Waals surface area contributed by atoms with Crippen molar-refractivity contribution >= 4 is 29.1 Å². The van der Waals surface area contributed by atoms with E-state index in [9.17, 15) is 14.4 Å². The molecule has 0 aliphatic carbocycles. The summed E-state index contributed by atoms with van der Waals surface area (Å²) in [4.78, 5) is 35.7. The minimum Gasteiger partial charge on any atom is -0.399 e. The number of nitrogens with two attached hydrogens (primary N) is 1. The Hall–Kier alpha value is -3.16. The molecule has 0 saturated carbocycles. The number of nitrogen functional groups attached to an aromatic ring is 1. The fourth-order valence-electron chi connectivity index (χ4n) is 1.69. The fourth-order valence-corrected chi connectivity index (χ4v) is 1.69. The summed E-state index contributed by atoms with van der Waals surface area (Å²) >= 11 is 0. The van der Waals surface area contributed by atoms with Crippen LogP contribution in [0.2, 0.25) is 0 Å². The predicted octanol–water partition coefficient (Wildman–Crippen LogP) is 0.937. The molecule has 8 nitrogen and oxygen atoms in total. The summed E-state index contributed by atoms with van der Waals surface area (Å²) in [6.45, 7) is 1.25. The Morgan fingerprint density at radius 1 is 1.29 bits per heavy atom. The van der Waals surface area contributed by atoms with Gasteiger partial charge in [-0.25, -0.2) is 14.8 Å². The Morgan fingerprint density at radius 3 is 2.62 bits per heavy atom. The maximum Gasteiger partial charge on any atom is 0.334 e. The standard InChI is InChI=1S/C13H13N5O3/c1-8(19)18(10-4-2-3-9(14)7-10)13(21)15-11-5-6-12(20)17-16-11/h2-7H,14H2,1H3,(H,17,20)(H,15,16,21). The van der Waals surface area contributed by atoms with Crippen LogP contribution in [0, 0.1) is 0 Å². The topological polar surface area (TPSA) is 121 Å². The maximum atomic E-state index is 12.2. The molecule has 1 heterocycles. The first-order chi connectivity index (χ1) is 9.97. The zero-order valence-electron chi connectivity index (χ0n) is 11.2. The lowest BCUT2D eigenvalue weighted by Gasteiger charge is -2.19. The van der Waals surface area contributed by atoms with Crippen LogP contribution in [-0.2, 0) is 4.79 Å². The molecule has 8 heteroatoms. The van der Waals surface area contributed by atoms with Crippen LogP contribution in [-0.4, -0.2) is 22.1 Å². The minimum atomic E-state index is -0.701. The number of urea groups is 1. The number of rotatable bonds is 2. The number of amides is 3. The summed E-state index contributed by atoms with van der Waals surface area (Å²) in [6, 6.07) is 8.19. The monoisotopic (exact) mass is 287 g/mol. The van der Waals surface area contributed by atoms with Gasteiger partial charge in [0, 0.05) is 18.7 Å². The molecule has 21 heavy (non-hydrogen) atoms. The van der Waals surface area contributed by atoms with Crippen LogP contribution in [0.25, 0.3) is 0 Å². The Kier molecular flexibility index (Phi) is 3.98. The lowest BCUT2D eigenvalue weighted by atomic mass is 10.2. The van der Waals surface area contributed by atoms with Gasteiger partial charge in [-0.05, 0) is 24.3 Å². The van der Waals surface area contributed by atoms with Crippen molar-refractivity contribution in [1.82, 2.24) is 10.2 Å². The zero-order valence-corrected chi connectivity index (χ0v) is 11.2. The van der Waals surface area contributed by atoms with Gasteiger partial charge in [0.15, 0.2) is 5.82 Å². The highest BCUT2D eigenvalue weighted by Crippen LogP contribution is 2.18. The third kappa shape index (κ3) is 3.44. The van der Waals surface area contributed by atoms with E-state index in [1.165, 1.54) is 25.1 Å². The third-order valence-corrected chi connectivity index (χ3v) is 2.56. The second-order valence-electron chi connectivity index (χ2n) is 4.19. The third-order valence-electron chi connectivity index (χ3n) is 2.56. The normalized spacial score (nSPS) is 9.95. The second-order valence-corrected chi connectivity index (χ2v) is 4.19. The number of nitrogens with one attached hydrogen (secondary N) is 2. The SMILES string of the molecule is CC(=O)N(C(=O)Nc1ccc(=O)[nH]n1)c1cccc(N)c1. The van der Waals surface area contributed by atoms with E-state index in [-0.39, 0.29) is 5.82 Å². The van der Waals surface area contributed by atoms with Crippen molar-refractivity contribution in [3.05, 3.63) is 46.8 Å². The summed E-state index contributed by atoms with van der Waals surface area (Å²) in [5.41, 5.74) is 6.01. The van der Waals surface area contributed by atoms with Crippen molar-refractivity contribution in [1.29, 1.82) is 0 Å². The predicted molar refractivity (Wildman–Crippen MR) is 77.9 cm³/mol. The molecule has 0 atom stereocenters. The van der Waals surface area contributed by atoms with Crippen molar-refractivity contribution in [2.75, 3.05) is 16.0 Å². The highest BCUT2D eigenvalue weighted by atomic mass is 16.2. The first kappa shape index (κ1) is 14.3. The molecule has 1 aromatic heterocycles. The Labute approximate surface area is 119 Å². The van der Waals surface area contributed by atoms with Gasteiger partial charge in [0.25, 0.3) is 5.56 Å². The molecule has 0 bridgehead atoms. The number of benzene rings is 1. The van der Waals surface area contributed by atoms with E-state index in [0.29, 0.717) is 11.4 Å². The van der Waals surface area contributed by atoms with E-state index in [4.69, 9.17) is 5.73 Å². The van der Waals surface area contributed by atoms with Crippen LogP contribution in [0.5, 0.6) is 0 Å². The lowest BCUT2D eigenvalue weighted by molar-refractivity contribution is -0.115. The molecule has 1 aromatic carbocycles. The molecule has 2 rings (SSSR count). The Morgan fingerprint density at radius 2 is 2.05 bits per heavy atom. The summed E-state index contributed by atoms with van der Waals surface area (Å²) in [6.07, 6.45) is 0. The van der Waals surface area contributed by atoms with E-state index >= 15 is 0 Å². The van der Waals surface area contributed by atoms with Gasteiger partial charge < -0.3 is 5.73 Å². The minimum absolute atomic E-state index is 0.120. The van der Waals surface area contributed by atoms with E-state index in [2.05, 4.69) is 15.5 Å². The number of carbonyl (C=O) groups is 2. The number of H-pyrrole nitrogens is 1. The number of nitrogens with zero attached hydrogens (tertiary/aromatic N) is 2. The highest BCUT2D eigenvalue weighted by Gasteiger charge is 2.20.